The number of carboxylic acids is 1. The van der Waals surface area contributed by atoms with Crippen LogP contribution in [0.3, 0.4) is 0 Å². The van der Waals surface area contributed by atoms with Crippen molar-refractivity contribution in [2.24, 2.45) is 11.3 Å². The number of likely N-dealkylation sites (tertiary alicyclic amines) is 1. The molecule has 1 saturated heterocycles. The van der Waals surface area contributed by atoms with Crippen LogP contribution in [0.1, 0.15) is 25.8 Å². The summed E-state index contributed by atoms with van der Waals surface area (Å²) in [5.41, 5.74) is -0.0488. The lowest BCUT2D eigenvalue weighted by Gasteiger charge is -2.21. The van der Waals surface area contributed by atoms with Gasteiger partial charge >= 0.3 is 5.97 Å². The van der Waals surface area contributed by atoms with Crippen molar-refractivity contribution in [1.82, 2.24) is 10.2 Å². The second-order valence-corrected chi connectivity index (χ2v) is 7.59. The van der Waals surface area contributed by atoms with E-state index in [0.29, 0.717) is 31.0 Å². The maximum absolute atomic E-state index is 12.3. The molecule has 1 atom stereocenters. The van der Waals surface area contributed by atoms with Crippen molar-refractivity contribution in [3.05, 3.63) is 23.8 Å². The highest BCUT2D eigenvalue weighted by Crippen LogP contribution is 2.28. The molecule has 8 nitrogen and oxygen atoms in total. The second-order valence-electron chi connectivity index (χ2n) is 7.59. The van der Waals surface area contributed by atoms with E-state index in [1.807, 2.05) is 18.2 Å². The SMILES string of the molecule is COc1ccc(CCN2CC(C(=O)NCC(C)(C)C(=O)O)CC2=O)cc1OC. The number of rotatable bonds is 9. The van der Waals surface area contributed by atoms with Gasteiger partial charge in [-0.3, -0.25) is 14.4 Å². The largest absolute Gasteiger partial charge is 0.493 e. The van der Waals surface area contributed by atoms with Gasteiger partial charge in [-0.1, -0.05) is 6.07 Å². The monoisotopic (exact) mass is 392 g/mol. The fourth-order valence-corrected chi connectivity index (χ4v) is 2.99. The summed E-state index contributed by atoms with van der Waals surface area (Å²) in [6.45, 7) is 3.96. The van der Waals surface area contributed by atoms with Crippen LogP contribution in [-0.2, 0) is 20.8 Å². The van der Waals surface area contributed by atoms with Crippen LogP contribution in [0.15, 0.2) is 18.2 Å². The Morgan fingerprint density at radius 3 is 2.54 bits per heavy atom. The predicted octanol–water partition coefficient (Wildman–Crippen LogP) is 1.32. The van der Waals surface area contributed by atoms with Crippen LogP contribution >= 0.6 is 0 Å². The Morgan fingerprint density at radius 1 is 1.25 bits per heavy atom. The summed E-state index contributed by atoms with van der Waals surface area (Å²) in [6, 6.07) is 5.61. The molecule has 2 amide bonds. The predicted molar refractivity (Wildman–Crippen MR) is 102 cm³/mol. The molecule has 154 valence electrons. The van der Waals surface area contributed by atoms with Gasteiger partial charge in [-0.2, -0.15) is 0 Å². The molecule has 1 heterocycles. The van der Waals surface area contributed by atoms with Gasteiger partial charge < -0.3 is 24.8 Å². The molecule has 0 spiro atoms. The average molecular weight is 392 g/mol. The van der Waals surface area contributed by atoms with Crippen molar-refractivity contribution in [1.29, 1.82) is 0 Å². The third kappa shape index (κ3) is 5.15. The average Bonchev–Trinajstić information content (AvgIpc) is 3.04. The van der Waals surface area contributed by atoms with E-state index < -0.39 is 17.3 Å². The van der Waals surface area contributed by atoms with E-state index in [0.717, 1.165) is 5.56 Å². The number of methoxy groups -OCH3 is 2. The summed E-state index contributed by atoms with van der Waals surface area (Å²) in [4.78, 5) is 37.4. The highest BCUT2D eigenvalue weighted by Gasteiger charge is 2.35. The summed E-state index contributed by atoms with van der Waals surface area (Å²) < 4.78 is 10.5. The molecule has 2 rings (SSSR count). The third-order valence-electron chi connectivity index (χ3n) is 4.99. The van der Waals surface area contributed by atoms with Crippen LogP contribution in [0.2, 0.25) is 0 Å². The minimum Gasteiger partial charge on any atom is -0.493 e. The molecule has 1 unspecified atom stereocenters. The first kappa shape index (κ1) is 21.5. The number of hydrogen-bond acceptors (Lipinski definition) is 5. The van der Waals surface area contributed by atoms with Crippen molar-refractivity contribution < 1.29 is 29.0 Å². The highest BCUT2D eigenvalue weighted by atomic mass is 16.5. The lowest BCUT2D eigenvalue weighted by molar-refractivity contribution is -0.147. The number of carboxylic acid groups (broad SMARTS) is 1. The minimum absolute atomic E-state index is 0.0253. The molecule has 28 heavy (non-hydrogen) atoms. The maximum Gasteiger partial charge on any atom is 0.310 e. The van der Waals surface area contributed by atoms with E-state index in [1.54, 1.807) is 33.0 Å². The van der Waals surface area contributed by atoms with E-state index in [1.165, 1.54) is 0 Å². The van der Waals surface area contributed by atoms with Crippen LogP contribution in [0.25, 0.3) is 0 Å². The Balaban J connectivity index is 1.89. The van der Waals surface area contributed by atoms with E-state index in [4.69, 9.17) is 14.6 Å². The number of hydrogen-bond donors (Lipinski definition) is 2. The molecule has 8 heteroatoms. The highest BCUT2D eigenvalue weighted by molar-refractivity contribution is 5.89. The van der Waals surface area contributed by atoms with Gasteiger partial charge in [0.1, 0.15) is 0 Å². The van der Waals surface area contributed by atoms with Gasteiger partial charge in [0.25, 0.3) is 0 Å². The van der Waals surface area contributed by atoms with E-state index in [9.17, 15) is 14.4 Å². The van der Waals surface area contributed by atoms with E-state index in [-0.39, 0.29) is 24.8 Å². The van der Waals surface area contributed by atoms with Crippen molar-refractivity contribution in [3.8, 4) is 11.5 Å². The van der Waals surface area contributed by atoms with Gasteiger partial charge in [-0.25, -0.2) is 0 Å². The first-order valence-electron chi connectivity index (χ1n) is 9.17. The van der Waals surface area contributed by atoms with Gasteiger partial charge in [0.2, 0.25) is 11.8 Å². The quantitative estimate of drug-likeness (QED) is 0.657. The first-order valence-corrected chi connectivity index (χ1v) is 9.17. The molecule has 2 N–H and O–H groups in total. The molecule has 0 radical (unpaired) electrons. The lowest BCUT2D eigenvalue weighted by atomic mass is 9.93. The summed E-state index contributed by atoms with van der Waals surface area (Å²) >= 11 is 0. The van der Waals surface area contributed by atoms with Gasteiger partial charge in [-0.15, -0.1) is 0 Å². The Bertz CT molecular complexity index is 746. The fourth-order valence-electron chi connectivity index (χ4n) is 2.99. The molecule has 1 fully saturated rings. The number of carbonyl (C=O) groups is 3. The van der Waals surface area contributed by atoms with Crippen LogP contribution in [0.5, 0.6) is 11.5 Å². The summed E-state index contributed by atoms with van der Waals surface area (Å²) in [5.74, 6) is -0.515. The van der Waals surface area contributed by atoms with Gasteiger partial charge in [0.15, 0.2) is 11.5 Å². The molecule has 0 bridgehead atoms. The Hall–Kier alpha value is -2.77. The van der Waals surface area contributed by atoms with Crippen molar-refractivity contribution in [3.63, 3.8) is 0 Å². The zero-order valence-corrected chi connectivity index (χ0v) is 16.8. The first-order chi connectivity index (χ1) is 13.2. The standard InChI is InChI=1S/C20H28N2O6/c1-20(2,19(25)26)12-21-18(24)14-10-17(23)22(11-14)8-7-13-5-6-15(27-3)16(9-13)28-4/h5-6,9,14H,7-8,10-12H2,1-4H3,(H,21,24)(H,25,26). The number of nitrogens with one attached hydrogen (secondary N) is 1. The van der Waals surface area contributed by atoms with Gasteiger partial charge in [0, 0.05) is 26.1 Å². The Morgan fingerprint density at radius 2 is 1.93 bits per heavy atom. The molecule has 1 aromatic carbocycles. The van der Waals surface area contributed by atoms with Crippen molar-refractivity contribution in [2.45, 2.75) is 26.7 Å². The minimum atomic E-state index is -1.05. The molecular formula is C20H28N2O6. The van der Waals surface area contributed by atoms with Crippen LogP contribution < -0.4 is 14.8 Å². The molecule has 0 aromatic heterocycles. The number of carbonyl (C=O) groups excluding carboxylic acids is 2. The number of nitrogens with zero attached hydrogens (tertiary/aromatic N) is 1. The van der Waals surface area contributed by atoms with Gasteiger partial charge in [-0.05, 0) is 38.0 Å². The molecular weight excluding hydrogens is 364 g/mol. The van der Waals surface area contributed by atoms with E-state index >= 15 is 0 Å². The second kappa shape index (κ2) is 8.95. The van der Waals surface area contributed by atoms with Crippen LogP contribution in [0.4, 0.5) is 0 Å². The zero-order chi connectivity index (χ0) is 20.9. The zero-order valence-electron chi connectivity index (χ0n) is 16.8. The number of amides is 2. The van der Waals surface area contributed by atoms with Crippen LogP contribution in [-0.4, -0.2) is 61.6 Å². The van der Waals surface area contributed by atoms with Crippen LogP contribution in [0, 0.1) is 11.3 Å². The van der Waals surface area contributed by atoms with Gasteiger partial charge in [0.05, 0.1) is 25.6 Å². The summed E-state index contributed by atoms with van der Waals surface area (Å²) in [5, 5.41) is 11.8. The normalized spacial score (nSPS) is 16.8. The summed E-state index contributed by atoms with van der Waals surface area (Å²) in [7, 11) is 3.14. The number of ether oxygens (including phenoxy) is 2. The Labute approximate surface area is 164 Å². The molecule has 0 saturated carbocycles. The maximum atomic E-state index is 12.3. The summed E-state index contributed by atoms with van der Waals surface area (Å²) in [6.07, 6.45) is 0.776. The Kier molecular flexibility index (Phi) is 6.88. The molecule has 1 aromatic rings. The lowest BCUT2D eigenvalue weighted by Crippen LogP contribution is -2.42. The van der Waals surface area contributed by atoms with E-state index in [2.05, 4.69) is 5.32 Å². The fraction of sp³-hybridized carbons (Fsp3) is 0.550. The van der Waals surface area contributed by atoms with Crippen molar-refractivity contribution in [2.75, 3.05) is 33.9 Å². The molecule has 1 aliphatic rings. The number of aliphatic carboxylic acids is 1. The molecule has 1 aliphatic heterocycles. The third-order valence-corrected chi connectivity index (χ3v) is 4.99. The smallest absolute Gasteiger partial charge is 0.310 e. The number of benzene rings is 1. The molecule has 0 aliphatic carbocycles. The topological polar surface area (TPSA) is 105 Å². The van der Waals surface area contributed by atoms with Crippen molar-refractivity contribution >= 4 is 17.8 Å².